The molecule has 11 N–H and O–H groups in total. The molecule has 1 amide bonds. The van der Waals surface area contributed by atoms with Gasteiger partial charge in [-0.1, -0.05) is 0 Å². The fourth-order valence-corrected chi connectivity index (χ4v) is 4.86. The summed E-state index contributed by atoms with van der Waals surface area (Å²) in [5.74, 6) is -4.51. The third-order valence-corrected chi connectivity index (χ3v) is 7.06. The van der Waals surface area contributed by atoms with Crippen molar-refractivity contribution in [2.45, 2.75) is 99.0 Å². The van der Waals surface area contributed by atoms with Crippen molar-refractivity contribution in [1.29, 1.82) is 0 Å². The molecule has 0 aromatic carbocycles. The molecule has 3 aliphatic rings. The Labute approximate surface area is 240 Å². The van der Waals surface area contributed by atoms with Crippen molar-refractivity contribution in [2.75, 3.05) is 6.61 Å². The van der Waals surface area contributed by atoms with Gasteiger partial charge in [-0.2, -0.15) is 8.42 Å². The van der Waals surface area contributed by atoms with Crippen molar-refractivity contribution in [3.05, 3.63) is 0 Å². The van der Waals surface area contributed by atoms with E-state index >= 15 is 0 Å². The summed E-state index contributed by atoms with van der Waals surface area (Å²) in [6, 6.07) is -1.83. The first kappa shape index (κ1) is 35.3. The van der Waals surface area contributed by atoms with Gasteiger partial charge in [0.2, 0.25) is 5.91 Å². The van der Waals surface area contributed by atoms with Crippen LogP contribution in [-0.2, 0) is 52.7 Å². The molecule has 23 heteroatoms. The molecule has 0 bridgehead atoms. The Bertz CT molecular complexity index is 1120. The largest absolute Gasteiger partial charge is 0.479 e. The quantitative estimate of drug-likeness (QED) is 0.0975. The number of hydrogen-bond acceptors (Lipinski definition) is 18. The van der Waals surface area contributed by atoms with Crippen molar-refractivity contribution in [3.63, 3.8) is 0 Å². The molecule has 3 fully saturated rings. The van der Waals surface area contributed by atoms with E-state index in [4.69, 9.17) is 28.2 Å². The molecule has 3 saturated heterocycles. The lowest BCUT2D eigenvalue weighted by atomic mass is 9.94. The molecule has 22 nitrogen and oxygen atoms in total. The highest BCUT2D eigenvalue weighted by molar-refractivity contribution is 7.80. The Morgan fingerprint density at radius 2 is 1.30 bits per heavy atom. The van der Waals surface area contributed by atoms with Crippen molar-refractivity contribution < 1.29 is 101 Å². The number of aliphatic hydroxyl groups is 7. The zero-order valence-corrected chi connectivity index (χ0v) is 22.6. The summed E-state index contributed by atoms with van der Waals surface area (Å²) in [7, 11) is -5.22. The number of rotatable bonds is 10. The number of aliphatic carboxylic acids is 2. The lowest BCUT2D eigenvalue weighted by Crippen LogP contribution is -2.69. The Hall–Kier alpha value is -2.20. The lowest BCUT2D eigenvalue weighted by molar-refractivity contribution is -0.359. The first-order chi connectivity index (χ1) is 19.8. The number of carbonyl (C=O) groups excluding carboxylic acids is 1. The van der Waals surface area contributed by atoms with Crippen molar-refractivity contribution in [1.82, 2.24) is 5.32 Å². The molecule has 0 aromatic heterocycles. The second kappa shape index (κ2) is 13.8. The fourth-order valence-electron chi connectivity index (χ4n) is 4.55. The van der Waals surface area contributed by atoms with Crippen molar-refractivity contribution >= 4 is 28.2 Å². The summed E-state index contributed by atoms with van der Waals surface area (Å²) >= 11 is 0. The van der Waals surface area contributed by atoms with Crippen LogP contribution in [-0.4, -0.2) is 175 Å². The maximum atomic E-state index is 12.0. The Morgan fingerprint density at radius 3 is 1.84 bits per heavy atom. The smallest absolute Gasteiger partial charge is 0.397 e. The number of ether oxygens (including phenoxy) is 5. The van der Waals surface area contributed by atoms with Gasteiger partial charge < -0.3 is 75.0 Å². The summed E-state index contributed by atoms with van der Waals surface area (Å²) < 4.78 is 62.0. The number of carbonyl (C=O) groups is 3. The molecule has 3 aliphatic heterocycles. The minimum absolute atomic E-state index is 0.892. The molecule has 0 spiro atoms. The molecule has 0 radical (unpaired) electrons. The topological polar surface area (TPSA) is 355 Å². The second-order valence-electron chi connectivity index (χ2n) is 9.68. The predicted octanol–water partition coefficient (Wildman–Crippen LogP) is -7.42. The zero-order chi connectivity index (χ0) is 32.5. The average molecular weight is 654 g/mol. The molecule has 0 aromatic rings. The van der Waals surface area contributed by atoms with Gasteiger partial charge in [0.05, 0.1) is 6.61 Å². The van der Waals surface area contributed by atoms with E-state index < -0.39 is 127 Å². The standard InChI is InChI=1S/C20H31NO21S/c1-3(22)21-5-6(23)12(40-20-11(28)7(24)8(25)14(42-20)16(29)30)4(2-37-43(34,35)36)38-19(5)41-13-9(26)10(27)18(33)39-15(13)17(31)32/h4-15,18-20,23-28,33H,2H2,1H3,(H,21,22)(H,29,30)(H,31,32)(H,34,35,36). The summed E-state index contributed by atoms with van der Waals surface area (Å²) in [6.45, 7) is -0.300. The minimum Gasteiger partial charge on any atom is -0.479 e. The highest BCUT2D eigenvalue weighted by Crippen LogP contribution is 2.33. The van der Waals surface area contributed by atoms with E-state index in [0.717, 1.165) is 6.92 Å². The van der Waals surface area contributed by atoms with Gasteiger partial charge in [0.25, 0.3) is 0 Å². The van der Waals surface area contributed by atoms with Gasteiger partial charge in [0, 0.05) is 6.92 Å². The van der Waals surface area contributed by atoms with Crippen molar-refractivity contribution in [3.8, 4) is 0 Å². The van der Waals surface area contributed by atoms with Crippen molar-refractivity contribution in [2.24, 2.45) is 0 Å². The van der Waals surface area contributed by atoms with Crippen LogP contribution >= 0.6 is 0 Å². The summed E-state index contributed by atoms with van der Waals surface area (Å²) in [4.78, 5) is 35.1. The summed E-state index contributed by atoms with van der Waals surface area (Å²) in [6.07, 6.45) is -29.8. The van der Waals surface area contributed by atoms with Crippen LogP contribution in [0.3, 0.4) is 0 Å². The number of aliphatic hydroxyl groups excluding tert-OH is 7. The van der Waals surface area contributed by atoms with Gasteiger partial charge in [-0.3, -0.25) is 9.35 Å². The van der Waals surface area contributed by atoms with Crippen LogP contribution in [0.15, 0.2) is 0 Å². The molecule has 248 valence electrons. The maximum Gasteiger partial charge on any atom is 0.397 e. The fraction of sp³-hybridized carbons (Fsp3) is 0.850. The van der Waals surface area contributed by atoms with Gasteiger partial charge in [0.15, 0.2) is 31.1 Å². The number of carboxylic acid groups (broad SMARTS) is 2. The van der Waals surface area contributed by atoms with Crippen LogP contribution in [0.25, 0.3) is 0 Å². The minimum atomic E-state index is -5.22. The van der Waals surface area contributed by atoms with E-state index in [0.29, 0.717) is 0 Å². The summed E-state index contributed by atoms with van der Waals surface area (Å²) in [5.41, 5.74) is 0. The Kier molecular flexibility index (Phi) is 11.4. The van der Waals surface area contributed by atoms with Gasteiger partial charge in [-0.05, 0) is 0 Å². The predicted molar refractivity (Wildman–Crippen MR) is 124 cm³/mol. The molecule has 3 heterocycles. The van der Waals surface area contributed by atoms with E-state index in [-0.39, 0.29) is 0 Å². The van der Waals surface area contributed by atoms with E-state index in [1.165, 1.54) is 0 Å². The molecule has 0 saturated carbocycles. The molecular weight excluding hydrogens is 622 g/mol. The van der Waals surface area contributed by atoms with Crippen LogP contribution in [0, 0.1) is 0 Å². The van der Waals surface area contributed by atoms with Gasteiger partial charge in [-0.15, -0.1) is 0 Å². The third-order valence-electron chi connectivity index (χ3n) is 6.63. The van der Waals surface area contributed by atoms with E-state index in [9.17, 15) is 68.8 Å². The van der Waals surface area contributed by atoms with Gasteiger partial charge in [-0.25, -0.2) is 13.8 Å². The second-order valence-corrected chi connectivity index (χ2v) is 10.8. The lowest BCUT2D eigenvalue weighted by Gasteiger charge is -2.48. The molecular formula is C20H31NO21S. The number of amides is 1. The number of hydrogen-bond donors (Lipinski definition) is 11. The van der Waals surface area contributed by atoms with E-state index in [2.05, 4.69) is 9.50 Å². The van der Waals surface area contributed by atoms with Crippen LogP contribution < -0.4 is 5.32 Å². The Morgan fingerprint density at radius 1 is 0.721 bits per heavy atom. The van der Waals surface area contributed by atoms with E-state index in [1.54, 1.807) is 0 Å². The summed E-state index contributed by atoms with van der Waals surface area (Å²) in [5, 5.41) is 92.5. The molecule has 3 rings (SSSR count). The zero-order valence-electron chi connectivity index (χ0n) is 21.7. The normalized spacial score (nSPS) is 44.0. The monoisotopic (exact) mass is 653 g/mol. The SMILES string of the molecule is CC(=O)NC1C(OC2C(C(=O)O)OC(O)C(O)C2O)OC(COS(=O)(=O)O)C(OC2OC(C(=O)O)C(O)C(O)C2O)C1O. The molecule has 15 unspecified atom stereocenters. The van der Waals surface area contributed by atoms with Crippen LogP contribution in [0.5, 0.6) is 0 Å². The molecule has 15 atom stereocenters. The first-order valence-corrected chi connectivity index (χ1v) is 13.6. The van der Waals surface area contributed by atoms with Crippen LogP contribution in [0.1, 0.15) is 6.92 Å². The molecule has 0 aliphatic carbocycles. The highest BCUT2D eigenvalue weighted by Gasteiger charge is 2.55. The first-order valence-electron chi connectivity index (χ1n) is 12.2. The Balaban J connectivity index is 1.97. The maximum absolute atomic E-state index is 12.0. The number of carboxylic acids is 2. The third kappa shape index (κ3) is 8.10. The van der Waals surface area contributed by atoms with Crippen LogP contribution in [0.2, 0.25) is 0 Å². The average Bonchev–Trinajstić information content (AvgIpc) is 2.90. The van der Waals surface area contributed by atoms with Gasteiger partial charge >= 0.3 is 22.3 Å². The van der Waals surface area contributed by atoms with Gasteiger partial charge in [0.1, 0.15) is 61.0 Å². The van der Waals surface area contributed by atoms with E-state index in [1.807, 2.05) is 0 Å². The van der Waals surface area contributed by atoms with Crippen LogP contribution in [0.4, 0.5) is 0 Å². The highest BCUT2D eigenvalue weighted by atomic mass is 32.3. The number of nitrogens with one attached hydrogen (secondary N) is 1. The molecule has 43 heavy (non-hydrogen) atoms.